The summed E-state index contributed by atoms with van der Waals surface area (Å²) >= 11 is 5.72. The Hall–Kier alpha value is -0.380. The molecule has 0 bridgehead atoms. The highest BCUT2D eigenvalue weighted by Crippen LogP contribution is 2.16. The van der Waals surface area contributed by atoms with E-state index in [-0.39, 0.29) is 11.9 Å². The van der Waals surface area contributed by atoms with Crippen LogP contribution >= 0.6 is 11.6 Å². The lowest BCUT2D eigenvalue weighted by molar-refractivity contribution is 0.288. The summed E-state index contributed by atoms with van der Waals surface area (Å²) in [5.41, 5.74) is 0. The molecule has 0 aromatic heterocycles. The van der Waals surface area contributed by atoms with Crippen molar-refractivity contribution >= 4 is 22.4 Å². The summed E-state index contributed by atoms with van der Waals surface area (Å²) in [6, 6.07) is 6.96. The fourth-order valence-corrected chi connectivity index (χ4v) is 2.40. The van der Waals surface area contributed by atoms with E-state index < -0.39 is 10.8 Å². The molecule has 4 heteroatoms. The third kappa shape index (κ3) is 3.08. The molecule has 0 aliphatic rings. The van der Waals surface area contributed by atoms with Crippen LogP contribution in [0.1, 0.15) is 13.3 Å². The van der Waals surface area contributed by atoms with Crippen LogP contribution in [0.4, 0.5) is 0 Å². The highest BCUT2D eigenvalue weighted by molar-refractivity contribution is 7.85. The van der Waals surface area contributed by atoms with Crippen molar-refractivity contribution in [3.63, 3.8) is 0 Å². The molecule has 14 heavy (non-hydrogen) atoms. The standard InChI is InChI=1S/C10H13ClO2S/c1-8(6-7-12)14(13)10-4-2-9(11)3-5-10/h2-5,8,12H,6-7H2,1H3. The van der Waals surface area contributed by atoms with Crippen LogP contribution in [0.25, 0.3) is 0 Å². The fourth-order valence-electron chi connectivity index (χ4n) is 1.09. The van der Waals surface area contributed by atoms with Crippen molar-refractivity contribution in [2.75, 3.05) is 6.61 Å². The number of rotatable bonds is 4. The van der Waals surface area contributed by atoms with E-state index in [1.54, 1.807) is 24.3 Å². The summed E-state index contributed by atoms with van der Waals surface area (Å²) in [5.74, 6) is 0. The molecule has 0 saturated heterocycles. The summed E-state index contributed by atoms with van der Waals surface area (Å²) in [6.45, 7) is 1.93. The number of aliphatic hydroxyl groups is 1. The number of hydrogen-bond donors (Lipinski definition) is 1. The van der Waals surface area contributed by atoms with Gasteiger partial charge in [0.05, 0.1) is 10.8 Å². The SMILES string of the molecule is CC(CCO)S(=O)c1ccc(Cl)cc1. The molecule has 2 atom stereocenters. The molecule has 0 fully saturated rings. The zero-order valence-electron chi connectivity index (χ0n) is 7.94. The molecule has 2 unspecified atom stereocenters. The van der Waals surface area contributed by atoms with Gasteiger partial charge in [-0.15, -0.1) is 0 Å². The van der Waals surface area contributed by atoms with Gasteiger partial charge in [-0.05, 0) is 30.7 Å². The van der Waals surface area contributed by atoms with E-state index in [4.69, 9.17) is 16.7 Å². The third-order valence-corrected chi connectivity index (χ3v) is 3.90. The second-order valence-corrected chi connectivity index (χ2v) is 5.38. The Morgan fingerprint density at radius 3 is 2.50 bits per heavy atom. The van der Waals surface area contributed by atoms with Crippen LogP contribution in [0.2, 0.25) is 5.02 Å². The molecule has 0 heterocycles. The summed E-state index contributed by atoms with van der Waals surface area (Å²) in [5, 5.41) is 9.33. The zero-order chi connectivity index (χ0) is 10.6. The maximum Gasteiger partial charge on any atom is 0.0558 e. The molecular formula is C10H13ClO2S. The lowest BCUT2D eigenvalue weighted by Gasteiger charge is -2.09. The average molecular weight is 233 g/mol. The molecule has 1 aromatic carbocycles. The third-order valence-electron chi connectivity index (χ3n) is 1.95. The maximum atomic E-state index is 11.8. The highest BCUT2D eigenvalue weighted by Gasteiger charge is 2.12. The van der Waals surface area contributed by atoms with Gasteiger partial charge in [0.25, 0.3) is 0 Å². The first kappa shape index (κ1) is 11.7. The van der Waals surface area contributed by atoms with Crippen LogP contribution in [-0.4, -0.2) is 21.2 Å². The second-order valence-electron chi connectivity index (χ2n) is 3.07. The fraction of sp³-hybridized carbons (Fsp3) is 0.400. The minimum absolute atomic E-state index is 0.0267. The molecule has 78 valence electrons. The average Bonchev–Trinajstić information content (AvgIpc) is 2.18. The van der Waals surface area contributed by atoms with Crippen molar-refractivity contribution in [2.45, 2.75) is 23.5 Å². The van der Waals surface area contributed by atoms with Crippen LogP contribution in [0.3, 0.4) is 0 Å². The first-order chi connectivity index (χ1) is 6.65. The predicted molar refractivity (Wildman–Crippen MR) is 59.0 cm³/mol. The second kappa shape index (κ2) is 5.49. The van der Waals surface area contributed by atoms with E-state index >= 15 is 0 Å². The quantitative estimate of drug-likeness (QED) is 0.865. The van der Waals surface area contributed by atoms with Gasteiger partial charge in [0.2, 0.25) is 0 Å². The summed E-state index contributed by atoms with van der Waals surface area (Å²) in [6.07, 6.45) is 0.551. The van der Waals surface area contributed by atoms with Crippen LogP contribution in [0.15, 0.2) is 29.2 Å². The van der Waals surface area contributed by atoms with Gasteiger partial charge in [-0.2, -0.15) is 0 Å². The molecule has 0 aliphatic carbocycles. The molecule has 2 nitrogen and oxygen atoms in total. The lowest BCUT2D eigenvalue weighted by Crippen LogP contribution is -2.12. The Kier molecular flexibility index (Phi) is 4.58. The highest BCUT2D eigenvalue weighted by atomic mass is 35.5. The Bertz CT molecular complexity index is 310. The first-order valence-corrected chi connectivity index (χ1v) is 6.01. The topological polar surface area (TPSA) is 37.3 Å². The summed E-state index contributed by atoms with van der Waals surface area (Å²) in [7, 11) is -1.05. The number of halogens is 1. The molecule has 0 spiro atoms. The Morgan fingerprint density at radius 1 is 1.43 bits per heavy atom. The predicted octanol–water partition coefficient (Wildman–Crippen LogP) is 2.22. The van der Waals surface area contributed by atoms with Crippen molar-refractivity contribution in [1.82, 2.24) is 0 Å². The van der Waals surface area contributed by atoms with Gasteiger partial charge in [-0.3, -0.25) is 4.21 Å². The van der Waals surface area contributed by atoms with Crippen LogP contribution in [0.5, 0.6) is 0 Å². The van der Waals surface area contributed by atoms with Crippen LogP contribution in [0, 0.1) is 0 Å². The maximum absolute atomic E-state index is 11.8. The van der Waals surface area contributed by atoms with Crippen LogP contribution < -0.4 is 0 Å². The lowest BCUT2D eigenvalue weighted by atomic mass is 10.3. The molecule has 1 rings (SSSR count). The largest absolute Gasteiger partial charge is 0.396 e. The van der Waals surface area contributed by atoms with Crippen molar-refractivity contribution < 1.29 is 9.32 Å². The minimum Gasteiger partial charge on any atom is -0.396 e. The molecule has 1 aromatic rings. The number of hydrogen-bond acceptors (Lipinski definition) is 2. The first-order valence-electron chi connectivity index (χ1n) is 4.42. The van der Waals surface area contributed by atoms with Crippen molar-refractivity contribution in [2.24, 2.45) is 0 Å². The van der Waals surface area contributed by atoms with Gasteiger partial charge in [0.15, 0.2) is 0 Å². The molecule has 0 amide bonds. The van der Waals surface area contributed by atoms with Gasteiger partial charge >= 0.3 is 0 Å². The zero-order valence-corrected chi connectivity index (χ0v) is 9.52. The van der Waals surface area contributed by atoms with E-state index in [1.165, 1.54) is 0 Å². The van der Waals surface area contributed by atoms with Crippen molar-refractivity contribution in [1.29, 1.82) is 0 Å². The van der Waals surface area contributed by atoms with Gasteiger partial charge < -0.3 is 5.11 Å². The smallest absolute Gasteiger partial charge is 0.0558 e. The van der Waals surface area contributed by atoms with E-state index in [1.807, 2.05) is 6.92 Å². The Morgan fingerprint density at radius 2 is 2.00 bits per heavy atom. The van der Waals surface area contributed by atoms with Gasteiger partial charge in [0.1, 0.15) is 0 Å². The Labute approximate surface area is 91.4 Å². The van der Waals surface area contributed by atoms with E-state index in [0.717, 1.165) is 4.90 Å². The number of aliphatic hydroxyl groups excluding tert-OH is 1. The van der Waals surface area contributed by atoms with E-state index in [0.29, 0.717) is 11.4 Å². The van der Waals surface area contributed by atoms with Gasteiger partial charge in [-0.25, -0.2) is 0 Å². The van der Waals surface area contributed by atoms with Gasteiger partial charge in [-0.1, -0.05) is 18.5 Å². The molecule has 1 N–H and O–H groups in total. The molecular weight excluding hydrogens is 220 g/mol. The van der Waals surface area contributed by atoms with Crippen molar-refractivity contribution in [3.05, 3.63) is 29.3 Å². The Balaban J connectivity index is 2.74. The number of benzene rings is 1. The minimum atomic E-state index is -1.05. The molecule has 0 radical (unpaired) electrons. The summed E-state index contributed by atoms with van der Waals surface area (Å²) in [4.78, 5) is 0.760. The summed E-state index contributed by atoms with van der Waals surface area (Å²) < 4.78 is 11.8. The molecule has 0 aliphatic heterocycles. The van der Waals surface area contributed by atoms with Gasteiger partial charge in [0, 0.05) is 21.8 Å². The molecule has 0 saturated carbocycles. The van der Waals surface area contributed by atoms with E-state index in [9.17, 15) is 4.21 Å². The monoisotopic (exact) mass is 232 g/mol. The normalized spacial score (nSPS) is 15.1. The van der Waals surface area contributed by atoms with Crippen LogP contribution in [-0.2, 0) is 10.8 Å². The van der Waals surface area contributed by atoms with Crippen molar-refractivity contribution in [3.8, 4) is 0 Å². The van der Waals surface area contributed by atoms with E-state index in [2.05, 4.69) is 0 Å².